The zero-order valence-corrected chi connectivity index (χ0v) is 18.8. The second-order valence-corrected chi connectivity index (χ2v) is 9.97. The Labute approximate surface area is 188 Å². The molecule has 0 saturated heterocycles. The van der Waals surface area contributed by atoms with E-state index in [0.29, 0.717) is 29.7 Å². The SMILES string of the molecule is Cc1cccc(C(=O)Nc2ccc3c(c2)C(NS(=O)(=O)c2cccc(C)c2)C(O)CC3)c1. The molecule has 1 aliphatic carbocycles. The van der Waals surface area contributed by atoms with Crippen LogP contribution >= 0.6 is 0 Å². The maximum atomic E-state index is 13.0. The largest absolute Gasteiger partial charge is 0.391 e. The van der Waals surface area contributed by atoms with E-state index in [-0.39, 0.29) is 10.8 Å². The lowest BCUT2D eigenvalue weighted by Crippen LogP contribution is -2.39. The molecule has 1 aliphatic rings. The molecule has 32 heavy (non-hydrogen) atoms. The molecule has 0 bridgehead atoms. The maximum Gasteiger partial charge on any atom is 0.255 e. The minimum Gasteiger partial charge on any atom is -0.391 e. The molecular weight excluding hydrogens is 424 g/mol. The van der Waals surface area contributed by atoms with Gasteiger partial charge < -0.3 is 10.4 Å². The van der Waals surface area contributed by atoms with Crippen LogP contribution in [0.25, 0.3) is 0 Å². The minimum absolute atomic E-state index is 0.153. The Morgan fingerprint density at radius 2 is 1.69 bits per heavy atom. The first-order valence-corrected chi connectivity index (χ1v) is 12.0. The van der Waals surface area contributed by atoms with Crippen LogP contribution in [0, 0.1) is 13.8 Å². The summed E-state index contributed by atoms with van der Waals surface area (Å²) in [5.74, 6) is -0.248. The maximum absolute atomic E-state index is 13.0. The summed E-state index contributed by atoms with van der Waals surface area (Å²) in [7, 11) is -3.84. The van der Waals surface area contributed by atoms with E-state index in [0.717, 1.165) is 16.7 Å². The Kier molecular flexibility index (Phi) is 6.15. The number of aryl methyl sites for hydroxylation is 3. The van der Waals surface area contributed by atoms with Gasteiger partial charge in [0.15, 0.2) is 0 Å². The number of aliphatic hydroxyl groups is 1. The van der Waals surface area contributed by atoms with Crippen molar-refractivity contribution in [2.45, 2.75) is 43.7 Å². The van der Waals surface area contributed by atoms with Gasteiger partial charge in [0.2, 0.25) is 10.0 Å². The number of hydrogen-bond donors (Lipinski definition) is 3. The number of benzene rings is 3. The molecule has 0 aromatic heterocycles. The number of fused-ring (bicyclic) bond motifs is 1. The van der Waals surface area contributed by atoms with Crippen LogP contribution in [0.5, 0.6) is 0 Å². The van der Waals surface area contributed by atoms with Crippen LogP contribution in [0.3, 0.4) is 0 Å². The molecule has 1 amide bonds. The second-order valence-electron chi connectivity index (χ2n) is 8.26. The number of anilines is 1. The van der Waals surface area contributed by atoms with E-state index in [1.807, 2.05) is 38.1 Å². The van der Waals surface area contributed by atoms with Gasteiger partial charge in [0.25, 0.3) is 5.91 Å². The first-order valence-electron chi connectivity index (χ1n) is 10.5. The predicted octanol–water partition coefficient (Wildman–Crippen LogP) is 3.88. The Balaban J connectivity index is 1.62. The lowest BCUT2D eigenvalue weighted by atomic mass is 9.86. The molecule has 2 unspecified atom stereocenters. The van der Waals surface area contributed by atoms with Gasteiger partial charge in [-0.05, 0) is 79.8 Å². The summed E-state index contributed by atoms with van der Waals surface area (Å²) >= 11 is 0. The van der Waals surface area contributed by atoms with E-state index in [1.165, 1.54) is 6.07 Å². The molecule has 6 nitrogen and oxygen atoms in total. The molecule has 0 aliphatic heterocycles. The van der Waals surface area contributed by atoms with E-state index >= 15 is 0 Å². The molecule has 4 rings (SSSR count). The van der Waals surface area contributed by atoms with Crippen molar-refractivity contribution in [3.63, 3.8) is 0 Å². The van der Waals surface area contributed by atoms with Crippen LogP contribution in [-0.4, -0.2) is 25.5 Å². The quantitative estimate of drug-likeness (QED) is 0.550. The third-order valence-corrected chi connectivity index (χ3v) is 7.13. The molecule has 3 aromatic carbocycles. The first-order chi connectivity index (χ1) is 15.2. The van der Waals surface area contributed by atoms with E-state index in [1.54, 1.807) is 36.4 Å². The van der Waals surface area contributed by atoms with Crippen LogP contribution < -0.4 is 10.0 Å². The molecule has 7 heteroatoms. The topological polar surface area (TPSA) is 95.5 Å². The summed E-state index contributed by atoms with van der Waals surface area (Å²) in [5, 5.41) is 13.5. The second kappa shape index (κ2) is 8.86. The van der Waals surface area contributed by atoms with Crippen molar-refractivity contribution >= 4 is 21.6 Å². The minimum atomic E-state index is -3.84. The molecule has 0 heterocycles. The van der Waals surface area contributed by atoms with Gasteiger partial charge in [0, 0.05) is 11.3 Å². The molecule has 0 fully saturated rings. The fraction of sp³-hybridized carbons (Fsp3) is 0.240. The number of carbonyl (C=O) groups excluding carboxylic acids is 1. The number of nitrogens with one attached hydrogen (secondary N) is 2. The number of hydrogen-bond acceptors (Lipinski definition) is 4. The van der Waals surface area contributed by atoms with Gasteiger partial charge in [0.05, 0.1) is 17.0 Å². The summed E-state index contributed by atoms with van der Waals surface area (Å²) in [5.41, 5.74) is 4.52. The molecule has 166 valence electrons. The third-order valence-electron chi connectivity index (χ3n) is 5.70. The summed E-state index contributed by atoms with van der Waals surface area (Å²) in [6.45, 7) is 3.75. The highest BCUT2D eigenvalue weighted by molar-refractivity contribution is 7.89. The molecule has 0 radical (unpaired) electrons. The van der Waals surface area contributed by atoms with Crippen LogP contribution in [-0.2, 0) is 16.4 Å². The van der Waals surface area contributed by atoms with Gasteiger partial charge in [-0.2, -0.15) is 0 Å². The third kappa shape index (κ3) is 4.75. The normalized spacial score (nSPS) is 18.1. The summed E-state index contributed by atoms with van der Waals surface area (Å²) in [4.78, 5) is 12.8. The van der Waals surface area contributed by atoms with Gasteiger partial charge in [-0.3, -0.25) is 4.79 Å². The monoisotopic (exact) mass is 450 g/mol. The van der Waals surface area contributed by atoms with E-state index in [2.05, 4.69) is 10.0 Å². The lowest BCUT2D eigenvalue weighted by molar-refractivity contribution is 0.102. The fourth-order valence-corrected chi connectivity index (χ4v) is 5.37. The average Bonchev–Trinajstić information content (AvgIpc) is 2.76. The lowest BCUT2D eigenvalue weighted by Gasteiger charge is -2.31. The van der Waals surface area contributed by atoms with Crippen molar-refractivity contribution < 1.29 is 18.3 Å². The molecule has 0 spiro atoms. The van der Waals surface area contributed by atoms with Crippen LogP contribution in [0.1, 0.15) is 45.1 Å². The summed E-state index contributed by atoms with van der Waals surface area (Å²) in [6, 6.07) is 18.5. The van der Waals surface area contributed by atoms with Crippen molar-refractivity contribution in [3.8, 4) is 0 Å². The number of sulfonamides is 1. The molecule has 2 atom stereocenters. The van der Waals surface area contributed by atoms with Crippen molar-refractivity contribution in [2.24, 2.45) is 0 Å². The van der Waals surface area contributed by atoms with E-state index in [9.17, 15) is 18.3 Å². The van der Waals surface area contributed by atoms with Crippen molar-refractivity contribution in [3.05, 3.63) is 94.5 Å². The summed E-state index contributed by atoms with van der Waals surface area (Å²) in [6.07, 6.45) is 0.207. The Morgan fingerprint density at radius 3 is 2.41 bits per heavy atom. The Bertz CT molecular complexity index is 1270. The summed E-state index contributed by atoms with van der Waals surface area (Å²) < 4.78 is 28.7. The zero-order chi connectivity index (χ0) is 22.9. The van der Waals surface area contributed by atoms with Crippen molar-refractivity contribution in [2.75, 3.05) is 5.32 Å². The average molecular weight is 451 g/mol. The predicted molar refractivity (Wildman–Crippen MR) is 124 cm³/mol. The number of rotatable bonds is 5. The van der Waals surface area contributed by atoms with Gasteiger partial charge in [-0.15, -0.1) is 0 Å². The highest BCUT2D eigenvalue weighted by atomic mass is 32.2. The van der Waals surface area contributed by atoms with Crippen LogP contribution in [0.2, 0.25) is 0 Å². The first kappa shape index (κ1) is 22.2. The van der Waals surface area contributed by atoms with Crippen LogP contribution in [0.15, 0.2) is 71.6 Å². The highest BCUT2D eigenvalue weighted by Gasteiger charge is 2.32. The van der Waals surface area contributed by atoms with E-state index in [4.69, 9.17) is 0 Å². The Hall–Kier alpha value is -3.00. The standard InChI is InChI=1S/C25H26N2O4S/c1-16-5-3-7-19(13-16)25(29)26-20-11-9-18-10-12-23(28)24(22(18)15-20)27-32(30,31)21-8-4-6-17(2)14-21/h3-9,11,13-15,23-24,27-28H,10,12H2,1-2H3,(H,26,29). The van der Waals surface area contributed by atoms with Gasteiger partial charge in [0.1, 0.15) is 0 Å². The Morgan fingerprint density at radius 1 is 0.969 bits per heavy atom. The number of aliphatic hydroxyl groups excluding tert-OH is 1. The van der Waals surface area contributed by atoms with Gasteiger partial charge in [-0.25, -0.2) is 13.1 Å². The van der Waals surface area contributed by atoms with Crippen molar-refractivity contribution in [1.29, 1.82) is 0 Å². The molecule has 0 saturated carbocycles. The van der Waals surface area contributed by atoms with Gasteiger partial charge in [-0.1, -0.05) is 35.9 Å². The van der Waals surface area contributed by atoms with Crippen molar-refractivity contribution in [1.82, 2.24) is 4.72 Å². The van der Waals surface area contributed by atoms with Gasteiger partial charge >= 0.3 is 0 Å². The van der Waals surface area contributed by atoms with E-state index < -0.39 is 22.2 Å². The number of carbonyl (C=O) groups is 1. The molecule has 3 N–H and O–H groups in total. The molecule has 3 aromatic rings. The highest BCUT2D eigenvalue weighted by Crippen LogP contribution is 2.33. The smallest absolute Gasteiger partial charge is 0.255 e. The fourth-order valence-electron chi connectivity index (χ4n) is 4.02. The molecular formula is C25H26N2O4S. The van der Waals surface area contributed by atoms with Crippen LogP contribution in [0.4, 0.5) is 5.69 Å². The zero-order valence-electron chi connectivity index (χ0n) is 18.0. The number of amides is 1.